The van der Waals surface area contributed by atoms with Gasteiger partial charge in [0.25, 0.3) is 0 Å². The van der Waals surface area contributed by atoms with E-state index in [-0.39, 0.29) is 0 Å². The van der Waals surface area contributed by atoms with Crippen LogP contribution in [0, 0.1) is 6.92 Å². The Hall–Kier alpha value is -1.68. The lowest BCUT2D eigenvalue weighted by Crippen LogP contribution is -2.23. The molecule has 3 rings (SSSR count). The third-order valence-electron chi connectivity index (χ3n) is 4.32. The second kappa shape index (κ2) is 5.37. The molecule has 0 spiro atoms. The number of hydrogen-bond donors (Lipinski definition) is 0. The first-order valence-electron chi connectivity index (χ1n) is 7.37. The summed E-state index contributed by atoms with van der Waals surface area (Å²) in [5, 5.41) is 4.43. The van der Waals surface area contributed by atoms with Gasteiger partial charge in [0.05, 0.1) is 0 Å². The Kier molecular flexibility index (Phi) is 3.57. The van der Waals surface area contributed by atoms with Crippen LogP contribution in [0.15, 0.2) is 24.3 Å². The molecule has 2 heterocycles. The second-order valence-electron chi connectivity index (χ2n) is 5.65. The van der Waals surface area contributed by atoms with Gasteiger partial charge in [-0.15, -0.1) is 0 Å². The predicted octanol–water partition coefficient (Wildman–Crippen LogP) is 2.95. The molecule has 1 aliphatic heterocycles. The molecule has 1 atom stereocenters. The number of likely N-dealkylation sites (tertiary alicyclic amines) is 1. The average molecular weight is 270 g/mol. The number of aromatic nitrogens is 3. The van der Waals surface area contributed by atoms with Crippen molar-refractivity contribution in [3.8, 4) is 11.4 Å². The molecule has 106 valence electrons. The van der Waals surface area contributed by atoms with Crippen molar-refractivity contribution in [2.75, 3.05) is 13.1 Å². The van der Waals surface area contributed by atoms with Gasteiger partial charge in [-0.1, -0.05) is 24.3 Å². The quantitative estimate of drug-likeness (QED) is 0.860. The maximum atomic E-state index is 4.47. The predicted molar refractivity (Wildman–Crippen MR) is 80.4 cm³/mol. The van der Waals surface area contributed by atoms with Gasteiger partial charge in [0.1, 0.15) is 5.82 Å². The van der Waals surface area contributed by atoms with Crippen molar-refractivity contribution in [3.05, 3.63) is 35.7 Å². The highest BCUT2D eigenvalue weighted by Crippen LogP contribution is 2.26. The Morgan fingerprint density at radius 2 is 1.75 bits per heavy atom. The van der Waals surface area contributed by atoms with E-state index in [1.807, 2.05) is 18.7 Å². The van der Waals surface area contributed by atoms with Gasteiger partial charge in [0.2, 0.25) is 0 Å². The molecular formula is C16H22N4. The van der Waals surface area contributed by atoms with Gasteiger partial charge >= 0.3 is 0 Å². The Balaban J connectivity index is 1.80. The van der Waals surface area contributed by atoms with E-state index >= 15 is 0 Å². The molecular weight excluding hydrogens is 248 g/mol. The fraction of sp³-hybridized carbons (Fsp3) is 0.500. The zero-order chi connectivity index (χ0) is 14.1. The van der Waals surface area contributed by atoms with Crippen LogP contribution in [0.1, 0.15) is 37.2 Å². The van der Waals surface area contributed by atoms with Gasteiger partial charge in [0, 0.05) is 18.7 Å². The standard InChI is InChI=1S/C16H22N4/c1-12(20-10-4-5-11-20)14-6-8-15(9-7-14)16-17-13(2)19(3)18-16/h6-9,12H,4-5,10-11H2,1-3H3. The van der Waals surface area contributed by atoms with E-state index < -0.39 is 0 Å². The zero-order valence-corrected chi connectivity index (χ0v) is 12.5. The third kappa shape index (κ3) is 2.48. The maximum Gasteiger partial charge on any atom is 0.181 e. The molecule has 1 fully saturated rings. The van der Waals surface area contributed by atoms with Gasteiger partial charge in [-0.25, -0.2) is 4.98 Å². The third-order valence-corrected chi connectivity index (χ3v) is 4.32. The highest BCUT2D eigenvalue weighted by atomic mass is 15.3. The fourth-order valence-corrected chi connectivity index (χ4v) is 2.84. The first-order valence-corrected chi connectivity index (χ1v) is 7.37. The number of benzene rings is 1. The Morgan fingerprint density at radius 1 is 1.10 bits per heavy atom. The van der Waals surface area contributed by atoms with Crippen LogP contribution in [0.3, 0.4) is 0 Å². The van der Waals surface area contributed by atoms with Crippen molar-refractivity contribution < 1.29 is 0 Å². The monoisotopic (exact) mass is 270 g/mol. The van der Waals surface area contributed by atoms with E-state index in [0.717, 1.165) is 17.2 Å². The van der Waals surface area contributed by atoms with E-state index in [1.54, 1.807) is 0 Å². The molecule has 0 radical (unpaired) electrons. The maximum absolute atomic E-state index is 4.47. The van der Waals surface area contributed by atoms with Crippen LogP contribution in [0.5, 0.6) is 0 Å². The summed E-state index contributed by atoms with van der Waals surface area (Å²) in [7, 11) is 1.93. The van der Waals surface area contributed by atoms with Crippen LogP contribution >= 0.6 is 0 Å². The molecule has 1 saturated heterocycles. The molecule has 1 unspecified atom stereocenters. The molecule has 0 amide bonds. The van der Waals surface area contributed by atoms with Crippen molar-refractivity contribution >= 4 is 0 Å². The number of rotatable bonds is 3. The first kappa shape index (κ1) is 13.3. The van der Waals surface area contributed by atoms with Crippen molar-refractivity contribution in [1.82, 2.24) is 19.7 Å². The van der Waals surface area contributed by atoms with Crippen LogP contribution in [-0.2, 0) is 7.05 Å². The highest BCUT2D eigenvalue weighted by molar-refractivity contribution is 5.55. The molecule has 0 bridgehead atoms. The summed E-state index contributed by atoms with van der Waals surface area (Å²) in [4.78, 5) is 7.03. The van der Waals surface area contributed by atoms with Gasteiger partial charge in [-0.3, -0.25) is 9.58 Å². The largest absolute Gasteiger partial charge is 0.297 e. The van der Waals surface area contributed by atoms with Gasteiger partial charge in [-0.2, -0.15) is 5.10 Å². The average Bonchev–Trinajstić information content (AvgIpc) is 3.09. The topological polar surface area (TPSA) is 34.0 Å². The molecule has 0 saturated carbocycles. The van der Waals surface area contributed by atoms with Crippen LogP contribution in [0.4, 0.5) is 0 Å². The van der Waals surface area contributed by atoms with E-state index in [9.17, 15) is 0 Å². The summed E-state index contributed by atoms with van der Waals surface area (Å²) in [5.74, 6) is 1.75. The minimum Gasteiger partial charge on any atom is -0.297 e. The van der Waals surface area contributed by atoms with Crippen LogP contribution in [0.2, 0.25) is 0 Å². The zero-order valence-electron chi connectivity index (χ0n) is 12.5. The van der Waals surface area contributed by atoms with Crippen LogP contribution in [-0.4, -0.2) is 32.8 Å². The van der Waals surface area contributed by atoms with Crippen LogP contribution in [0.25, 0.3) is 11.4 Å². The Bertz CT molecular complexity index is 560. The molecule has 4 heteroatoms. The van der Waals surface area contributed by atoms with E-state index in [1.165, 1.54) is 31.5 Å². The lowest BCUT2D eigenvalue weighted by molar-refractivity contribution is 0.263. The summed E-state index contributed by atoms with van der Waals surface area (Å²) < 4.78 is 1.82. The van der Waals surface area contributed by atoms with Gasteiger partial charge in [-0.05, 0) is 45.3 Å². The normalized spacial score (nSPS) is 17.6. The summed E-state index contributed by atoms with van der Waals surface area (Å²) in [6.07, 6.45) is 2.67. The smallest absolute Gasteiger partial charge is 0.181 e. The number of aryl methyl sites for hydroxylation is 2. The molecule has 1 aromatic carbocycles. The van der Waals surface area contributed by atoms with Gasteiger partial charge in [0.15, 0.2) is 5.82 Å². The lowest BCUT2D eigenvalue weighted by atomic mass is 10.0. The van der Waals surface area contributed by atoms with E-state index in [4.69, 9.17) is 0 Å². The van der Waals surface area contributed by atoms with Crippen molar-refractivity contribution in [3.63, 3.8) is 0 Å². The van der Waals surface area contributed by atoms with E-state index in [0.29, 0.717) is 6.04 Å². The molecule has 2 aromatic rings. The molecule has 4 nitrogen and oxygen atoms in total. The molecule has 0 N–H and O–H groups in total. The van der Waals surface area contributed by atoms with Crippen molar-refractivity contribution in [2.24, 2.45) is 7.05 Å². The summed E-state index contributed by atoms with van der Waals surface area (Å²) in [5.41, 5.74) is 2.47. The fourth-order valence-electron chi connectivity index (χ4n) is 2.84. The summed E-state index contributed by atoms with van der Waals surface area (Å²) in [6.45, 7) is 6.72. The van der Waals surface area contributed by atoms with Crippen molar-refractivity contribution in [1.29, 1.82) is 0 Å². The summed E-state index contributed by atoms with van der Waals surface area (Å²) >= 11 is 0. The van der Waals surface area contributed by atoms with Gasteiger partial charge < -0.3 is 0 Å². The summed E-state index contributed by atoms with van der Waals surface area (Å²) in [6, 6.07) is 9.20. The SMILES string of the molecule is Cc1nc(-c2ccc(C(C)N3CCCC3)cc2)nn1C. The lowest BCUT2D eigenvalue weighted by Gasteiger charge is -2.24. The minimum atomic E-state index is 0.505. The molecule has 20 heavy (non-hydrogen) atoms. The van der Waals surface area contributed by atoms with Crippen LogP contribution < -0.4 is 0 Å². The molecule has 1 aliphatic rings. The Morgan fingerprint density at radius 3 is 2.30 bits per heavy atom. The molecule has 0 aliphatic carbocycles. The highest BCUT2D eigenvalue weighted by Gasteiger charge is 2.19. The number of nitrogens with zero attached hydrogens (tertiary/aromatic N) is 4. The number of hydrogen-bond acceptors (Lipinski definition) is 3. The second-order valence-corrected chi connectivity index (χ2v) is 5.65. The van der Waals surface area contributed by atoms with Crippen molar-refractivity contribution in [2.45, 2.75) is 32.7 Å². The first-order chi connectivity index (χ1) is 9.65. The minimum absolute atomic E-state index is 0.505. The Labute approximate surface area is 120 Å². The van der Waals surface area contributed by atoms with E-state index in [2.05, 4.69) is 46.2 Å². The molecule has 1 aromatic heterocycles.